The quantitative estimate of drug-likeness (QED) is 0.0532. The van der Waals surface area contributed by atoms with Crippen LogP contribution in [0.4, 0.5) is 11.4 Å². The van der Waals surface area contributed by atoms with Gasteiger partial charge in [-0.2, -0.15) is 0 Å². The second-order valence-electron chi connectivity index (χ2n) is 35.5. The SMILES string of the molecule is Brc1cccc2oc3c4ccccc4c4ccccc4c3c12.CC1(C)OB(c2cccc3oc4c5ccccc5c5ccccc5c4c23)OC1(C)C.O=[N+]([O-])c1ccccc1-c1cccc2oc3c4ccccc4c4ccccc4c3c12.O=[N+]([O-])c1ccccc1Br.c1ccc(P(c2ccccc2)c2ccccc2)cc1.c1ccc2c(c1)[nH]c1ccc3oc4c5ccccc5c5ccccc5c4c3c12. The van der Waals surface area contributed by atoms with Gasteiger partial charge in [-0.1, -0.05) is 374 Å². The van der Waals surface area contributed by atoms with E-state index in [9.17, 15) is 20.2 Å². The first-order chi connectivity index (χ1) is 68.0. The molecule has 0 saturated carbocycles. The van der Waals surface area contributed by atoms with Crippen molar-refractivity contribution in [3.63, 3.8) is 0 Å². The summed E-state index contributed by atoms with van der Waals surface area (Å²) >= 11 is 6.74. The molecule has 1 aliphatic rings. The van der Waals surface area contributed by atoms with Crippen molar-refractivity contribution in [2.24, 2.45) is 0 Å². The van der Waals surface area contributed by atoms with Gasteiger partial charge in [0.2, 0.25) is 0 Å². The van der Waals surface area contributed by atoms with Crippen molar-refractivity contribution in [2.75, 3.05) is 0 Å². The summed E-state index contributed by atoms with van der Waals surface area (Å²) < 4.78 is 40.0. The first-order valence-electron chi connectivity index (χ1n) is 46.0. The molecule has 0 atom stereocenters. The van der Waals surface area contributed by atoms with E-state index in [0.29, 0.717) is 10.0 Å². The van der Waals surface area contributed by atoms with Crippen molar-refractivity contribution >= 4 is 275 Å². The molecule has 17 heteroatoms. The number of fused-ring (bicyclic) bond motifs is 36. The predicted molar refractivity (Wildman–Crippen MR) is 586 cm³/mol. The van der Waals surface area contributed by atoms with Crippen LogP contribution in [0.2, 0.25) is 0 Å². The number of H-pyrrole nitrogens is 1. The Morgan fingerprint density at radius 2 is 0.554 bits per heavy atom. The number of para-hydroxylation sites is 3. The molecule has 0 spiro atoms. The zero-order chi connectivity index (χ0) is 94.3. The molecule has 1 aliphatic heterocycles. The Morgan fingerprint density at radius 3 is 0.978 bits per heavy atom. The van der Waals surface area contributed by atoms with Gasteiger partial charge in [-0.05, 0) is 192 Å². The number of aromatic nitrogens is 1. The monoisotopic (exact) mass is 1950 g/mol. The van der Waals surface area contributed by atoms with Crippen molar-refractivity contribution in [1.82, 2.24) is 4.98 Å². The highest BCUT2D eigenvalue weighted by molar-refractivity contribution is 9.11. The first kappa shape index (κ1) is 87.2. The van der Waals surface area contributed by atoms with Gasteiger partial charge in [0.05, 0.1) is 31.1 Å². The van der Waals surface area contributed by atoms with Gasteiger partial charge < -0.3 is 32.0 Å². The smallest absolute Gasteiger partial charge is 0.455 e. The molecule has 22 aromatic carbocycles. The Kier molecular flexibility index (Phi) is 22.6. The molecule has 27 aromatic rings. The normalized spacial score (nSPS) is 12.9. The molecule has 1 N–H and O–H groups in total. The standard InChI is InChI=1S/C26H23BO3.C26H15NO3.C26H15NO.C20H11BrO.C18H15P.C6H4BrNO2/c1-25(2)26(3,4)30-27(29-25)20-14-9-15-21-23(20)22-18-12-7-5-10-16(18)17-11-6-8-13-19(17)24(22)28-21;28-27(29)22-14-6-5-10-18(22)20-13-7-15-23-24(20)25-19-11-3-1-8-16(19)17-9-2-4-12-21(17)26(25)30-23;1-3-9-17-15(7-1)16-8-2-4-10-18(16)26-24(17)25-22(28-26)14-13-21-23(25)19-11-5-6-12-20(19)27-21;21-16-10-5-11-17-19(16)18-14-8-3-1-6-12(14)13-7-2-4-9-15(13)20(18)22-17;1-4-10-16(11-5-1)19(17-12-6-2-7-13-17)18-14-8-3-9-15-18;7-5-3-1-2-4-6(5)8(9)10/h5-15H,1-4H3;1-15H;1-14,27H;1-11H;1-15H;1-4H. The number of hydrogen-bond donors (Lipinski definition) is 1. The number of aromatic amines is 1. The van der Waals surface area contributed by atoms with E-state index >= 15 is 0 Å². The molecular formula is C122H83BBr2N3O10P. The zero-order valence-corrected chi connectivity index (χ0v) is 79.7. The molecule has 139 heavy (non-hydrogen) atoms. The molecule has 0 unspecified atom stereocenters. The Labute approximate surface area is 814 Å². The predicted octanol–water partition coefficient (Wildman–Crippen LogP) is 33.6. The van der Waals surface area contributed by atoms with Crippen LogP contribution in [0.1, 0.15) is 27.7 Å². The summed E-state index contributed by atoms with van der Waals surface area (Å²) in [6, 6.07) is 144. The molecule has 0 amide bonds. The van der Waals surface area contributed by atoms with Crippen molar-refractivity contribution in [2.45, 2.75) is 38.9 Å². The number of nitro benzene ring substituents is 2. The Balaban J connectivity index is 0.0000000955. The highest BCUT2D eigenvalue weighted by atomic mass is 79.9. The van der Waals surface area contributed by atoms with Crippen molar-refractivity contribution in [3.05, 3.63) is 454 Å². The van der Waals surface area contributed by atoms with Crippen LogP contribution in [0.25, 0.3) is 207 Å². The topological polar surface area (TPSA) is 173 Å². The van der Waals surface area contributed by atoms with Gasteiger partial charge >= 0.3 is 7.12 Å². The maximum Gasteiger partial charge on any atom is 0.495 e. The number of furan rings is 4. The number of nitrogens with zero attached hydrogens (tertiary/aromatic N) is 2. The summed E-state index contributed by atoms with van der Waals surface area (Å²) in [5, 5.41) is 56.4. The van der Waals surface area contributed by atoms with Crippen LogP contribution in [0.5, 0.6) is 0 Å². The minimum absolute atomic E-state index is 0.0874. The largest absolute Gasteiger partial charge is 0.495 e. The van der Waals surface area contributed by atoms with Gasteiger partial charge in [0, 0.05) is 109 Å². The summed E-state index contributed by atoms with van der Waals surface area (Å²) in [6.45, 7) is 8.35. The minimum Gasteiger partial charge on any atom is -0.455 e. The maximum absolute atomic E-state index is 11.7. The third-order valence-electron chi connectivity index (χ3n) is 27.1. The number of nitro groups is 2. The molecule has 28 rings (SSSR count). The molecule has 0 radical (unpaired) electrons. The second-order valence-corrected chi connectivity index (χ2v) is 39.5. The summed E-state index contributed by atoms with van der Waals surface area (Å²) in [5.41, 5.74) is 11.2. The summed E-state index contributed by atoms with van der Waals surface area (Å²) in [7, 11) is -0.886. The highest BCUT2D eigenvalue weighted by Crippen LogP contribution is 2.51. The highest BCUT2D eigenvalue weighted by Gasteiger charge is 2.52. The van der Waals surface area contributed by atoms with E-state index in [1.54, 1.807) is 36.4 Å². The van der Waals surface area contributed by atoms with E-state index in [0.717, 1.165) is 125 Å². The third kappa shape index (κ3) is 15.3. The average molecular weight is 1950 g/mol. The lowest BCUT2D eigenvalue weighted by atomic mass is 9.76. The molecule has 13 nitrogen and oxygen atoms in total. The molecular weight excluding hydrogens is 1870 g/mol. The number of nitrogens with one attached hydrogen (secondary N) is 1. The minimum atomic E-state index is -0.446. The number of hydrogen-bond acceptors (Lipinski definition) is 10. The number of halogens is 2. The van der Waals surface area contributed by atoms with E-state index in [4.69, 9.17) is 27.0 Å². The van der Waals surface area contributed by atoms with Crippen LogP contribution in [0.3, 0.4) is 0 Å². The summed E-state index contributed by atoms with van der Waals surface area (Å²) in [4.78, 5) is 24.7. The fraction of sp³-hybridized carbons (Fsp3) is 0.0492. The van der Waals surface area contributed by atoms with E-state index in [2.05, 4.69) is 374 Å². The van der Waals surface area contributed by atoms with E-state index in [-0.39, 0.29) is 16.3 Å². The number of rotatable bonds is 7. The fourth-order valence-corrected chi connectivity index (χ4v) is 23.5. The van der Waals surface area contributed by atoms with Gasteiger partial charge in [-0.3, -0.25) is 20.2 Å². The Hall–Kier alpha value is -15.9. The van der Waals surface area contributed by atoms with Crippen LogP contribution >= 0.6 is 39.8 Å². The van der Waals surface area contributed by atoms with Gasteiger partial charge in [-0.15, -0.1) is 0 Å². The van der Waals surface area contributed by atoms with E-state index in [1.807, 2.05) is 72.8 Å². The molecule has 1 saturated heterocycles. The van der Waals surface area contributed by atoms with E-state index in [1.165, 1.54) is 108 Å². The van der Waals surface area contributed by atoms with Crippen LogP contribution in [-0.2, 0) is 9.31 Å². The fourth-order valence-electron chi connectivity index (χ4n) is 20.2. The molecule has 0 bridgehead atoms. The third-order valence-corrected chi connectivity index (χ3v) is 30.8. The van der Waals surface area contributed by atoms with Gasteiger partial charge in [0.15, 0.2) is 0 Å². The zero-order valence-electron chi connectivity index (χ0n) is 75.7. The second kappa shape index (κ2) is 36.0. The molecule has 5 aromatic heterocycles. The molecule has 1 fully saturated rings. The van der Waals surface area contributed by atoms with Gasteiger partial charge in [-0.25, -0.2) is 0 Å². The van der Waals surface area contributed by atoms with Crippen LogP contribution in [0, 0.1) is 20.2 Å². The first-order valence-corrected chi connectivity index (χ1v) is 48.9. The maximum atomic E-state index is 11.7. The van der Waals surface area contributed by atoms with Crippen molar-refractivity contribution in [3.8, 4) is 11.1 Å². The lowest BCUT2D eigenvalue weighted by Gasteiger charge is -2.32. The van der Waals surface area contributed by atoms with Gasteiger partial charge in [0.25, 0.3) is 11.4 Å². The van der Waals surface area contributed by atoms with Crippen LogP contribution in [-0.4, -0.2) is 33.2 Å². The Bertz CT molecular complexity index is 9460. The average Bonchev–Trinajstić information content (AvgIpc) is 1.60. The Morgan fingerprint density at radius 1 is 0.252 bits per heavy atom. The lowest BCUT2D eigenvalue weighted by Crippen LogP contribution is -2.41. The molecule has 0 aliphatic carbocycles. The van der Waals surface area contributed by atoms with Crippen LogP contribution in [0.15, 0.2) is 451 Å². The lowest BCUT2D eigenvalue weighted by molar-refractivity contribution is -0.385. The van der Waals surface area contributed by atoms with Crippen LogP contribution < -0.4 is 21.4 Å². The molecule has 668 valence electrons. The van der Waals surface area contributed by atoms with Crippen molar-refractivity contribution in [1.29, 1.82) is 0 Å². The summed E-state index contributed by atoms with van der Waals surface area (Å²) in [6.07, 6.45) is 0. The van der Waals surface area contributed by atoms with E-state index < -0.39 is 31.2 Å². The summed E-state index contributed by atoms with van der Waals surface area (Å²) in [5.74, 6) is 0. The van der Waals surface area contributed by atoms with Crippen molar-refractivity contribution < 1.29 is 36.8 Å². The number of benzene rings is 22. The molecule has 6 heterocycles. The van der Waals surface area contributed by atoms with Gasteiger partial charge in [0.1, 0.15) is 44.7 Å².